The van der Waals surface area contributed by atoms with Gasteiger partial charge in [0.05, 0.1) is 43.7 Å². The van der Waals surface area contributed by atoms with Gasteiger partial charge in [0, 0.05) is 24.3 Å². The Bertz CT molecular complexity index is 692. The van der Waals surface area contributed by atoms with Crippen LogP contribution in [0.3, 0.4) is 0 Å². The largest absolute Gasteiger partial charge is 0.481 e. The van der Waals surface area contributed by atoms with E-state index in [9.17, 15) is 24.9 Å². The highest BCUT2D eigenvalue weighted by atomic mass is 16.6. The molecule has 0 aromatic carbocycles. The van der Waals surface area contributed by atoms with E-state index in [1.807, 2.05) is 6.92 Å². The van der Waals surface area contributed by atoms with Crippen molar-refractivity contribution in [2.75, 3.05) is 13.2 Å². The van der Waals surface area contributed by atoms with Crippen LogP contribution in [0.5, 0.6) is 0 Å². The van der Waals surface area contributed by atoms with Crippen LogP contribution in [0.4, 0.5) is 0 Å². The molecule has 2 fully saturated rings. The van der Waals surface area contributed by atoms with Gasteiger partial charge in [-0.25, -0.2) is 4.79 Å². The molecule has 2 saturated heterocycles. The van der Waals surface area contributed by atoms with Gasteiger partial charge in [-0.3, -0.25) is 4.79 Å². The predicted octanol–water partition coefficient (Wildman–Crippen LogP) is 2.59. The normalized spacial score (nSPS) is 30.5. The van der Waals surface area contributed by atoms with Gasteiger partial charge in [0.15, 0.2) is 0 Å². The number of aliphatic hydroxyl groups is 3. The number of hydrogen-bond donors (Lipinski definition) is 4. The number of carbonyl (C=O) groups excluding carboxylic acids is 1. The van der Waals surface area contributed by atoms with Gasteiger partial charge in [0.25, 0.3) is 0 Å². The van der Waals surface area contributed by atoms with E-state index in [1.54, 1.807) is 13.8 Å². The standard InChI is InChI=1S/C26H44O9/c1-16(13-23(30)33-11-9-7-5-4-6-8-10-22(28)29)12-20-25(32)24(31)19(15-34-20)14-21-26(35-21)17(2)18(3)27/h13,17-21,24-27,31-32H,4-12,14-15H2,1-3H3,(H,28,29)/b16-13+/t17?,18-,19-,20-,21-,24+,25-,26+/m0/s1. The molecule has 4 N–H and O–H groups in total. The number of hydrogen-bond acceptors (Lipinski definition) is 8. The number of carbonyl (C=O) groups is 2. The Morgan fingerprint density at radius 2 is 1.69 bits per heavy atom. The molecule has 202 valence electrons. The zero-order valence-corrected chi connectivity index (χ0v) is 21.3. The van der Waals surface area contributed by atoms with E-state index in [0.29, 0.717) is 38.0 Å². The summed E-state index contributed by atoms with van der Waals surface area (Å²) in [5.74, 6) is -1.42. The lowest BCUT2D eigenvalue weighted by Gasteiger charge is -2.38. The maximum atomic E-state index is 12.1. The number of unbranched alkanes of at least 4 members (excludes halogenated alkanes) is 5. The number of aliphatic carboxylic acids is 1. The van der Waals surface area contributed by atoms with Gasteiger partial charge in [-0.15, -0.1) is 0 Å². The van der Waals surface area contributed by atoms with Crippen molar-refractivity contribution in [3.05, 3.63) is 11.6 Å². The summed E-state index contributed by atoms with van der Waals surface area (Å²) in [5, 5.41) is 39.5. The second kappa shape index (κ2) is 14.9. The fraction of sp³-hybridized carbons (Fsp3) is 0.846. The first-order valence-corrected chi connectivity index (χ1v) is 13.0. The van der Waals surface area contributed by atoms with Gasteiger partial charge in [-0.1, -0.05) is 38.2 Å². The quantitative estimate of drug-likeness (QED) is 0.109. The number of rotatable bonds is 16. The molecule has 35 heavy (non-hydrogen) atoms. The second-order valence-electron chi connectivity index (χ2n) is 10.2. The molecule has 0 saturated carbocycles. The van der Waals surface area contributed by atoms with Crippen LogP contribution in [-0.4, -0.2) is 82.2 Å². The Kier molecular flexibility index (Phi) is 12.6. The monoisotopic (exact) mass is 500 g/mol. The summed E-state index contributed by atoms with van der Waals surface area (Å²) in [6, 6.07) is 0. The van der Waals surface area contributed by atoms with E-state index in [4.69, 9.17) is 19.3 Å². The molecule has 0 radical (unpaired) electrons. The van der Waals surface area contributed by atoms with Crippen molar-refractivity contribution in [1.82, 2.24) is 0 Å². The average Bonchev–Trinajstić information content (AvgIpc) is 3.55. The summed E-state index contributed by atoms with van der Waals surface area (Å²) in [5.41, 5.74) is 0.708. The Balaban J connectivity index is 1.62. The minimum absolute atomic E-state index is 0.0160. The molecule has 2 aliphatic rings. The number of carboxylic acid groups (broad SMARTS) is 1. The van der Waals surface area contributed by atoms with Gasteiger partial charge < -0.3 is 34.6 Å². The first-order valence-electron chi connectivity index (χ1n) is 13.0. The first kappa shape index (κ1) is 29.7. The van der Waals surface area contributed by atoms with E-state index < -0.39 is 36.4 Å². The third-order valence-electron chi connectivity index (χ3n) is 7.09. The van der Waals surface area contributed by atoms with Crippen molar-refractivity contribution in [3.8, 4) is 0 Å². The molecule has 9 heteroatoms. The fourth-order valence-electron chi connectivity index (χ4n) is 4.59. The molecular weight excluding hydrogens is 456 g/mol. The Morgan fingerprint density at radius 3 is 2.34 bits per heavy atom. The fourth-order valence-corrected chi connectivity index (χ4v) is 4.59. The molecule has 2 rings (SSSR count). The highest BCUT2D eigenvalue weighted by Gasteiger charge is 2.48. The molecule has 1 unspecified atom stereocenters. The van der Waals surface area contributed by atoms with Gasteiger partial charge >= 0.3 is 11.9 Å². The lowest BCUT2D eigenvalue weighted by atomic mass is 9.85. The molecule has 0 aromatic heterocycles. The van der Waals surface area contributed by atoms with Crippen molar-refractivity contribution in [2.24, 2.45) is 11.8 Å². The van der Waals surface area contributed by atoms with E-state index in [2.05, 4.69) is 0 Å². The number of epoxide rings is 1. The Labute approximate surface area is 208 Å². The SMILES string of the molecule is C/C(=C\C(=O)OCCCCCCCCC(=O)O)C[C@@H]1OC[C@H](C[C@@H]2O[C@@H]2C(C)[C@H](C)O)[C@@H](O)[C@H]1O. The second-order valence-corrected chi connectivity index (χ2v) is 10.2. The highest BCUT2D eigenvalue weighted by molar-refractivity contribution is 5.82. The molecule has 0 aromatic rings. The summed E-state index contributed by atoms with van der Waals surface area (Å²) in [6.45, 7) is 6.07. The van der Waals surface area contributed by atoms with Crippen LogP contribution >= 0.6 is 0 Å². The summed E-state index contributed by atoms with van der Waals surface area (Å²) >= 11 is 0. The number of ether oxygens (including phenoxy) is 3. The summed E-state index contributed by atoms with van der Waals surface area (Å²) < 4.78 is 16.7. The molecule has 0 amide bonds. The van der Waals surface area contributed by atoms with Crippen molar-refractivity contribution < 1.29 is 44.2 Å². The molecule has 0 aliphatic carbocycles. The van der Waals surface area contributed by atoms with Gasteiger partial charge in [0.2, 0.25) is 0 Å². The molecule has 8 atom stereocenters. The van der Waals surface area contributed by atoms with E-state index in [0.717, 1.165) is 32.1 Å². The minimum Gasteiger partial charge on any atom is -0.481 e. The molecule has 0 spiro atoms. The molecule has 0 bridgehead atoms. The molecule has 9 nitrogen and oxygen atoms in total. The third kappa shape index (κ3) is 10.6. The van der Waals surface area contributed by atoms with Gasteiger partial charge in [-0.05, 0) is 39.5 Å². The lowest BCUT2D eigenvalue weighted by molar-refractivity contribution is -0.165. The molecule has 2 heterocycles. The van der Waals surface area contributed by atoms with Crippen molar-refractivity contribution in [1.29, 1.82) is 0 Å². The zero-order chi connectivity index (χ0) is 26.0. The van der Waals surface area contributed by atoms with E-state index >= 15 is 0 Å². The maximum Gasteiger partial charge on any atom is 0.330 e. The van der Waals surface area contributed by atoms with Crippen LogP contribution < -0.4 is 0 Å². The molecular formula is C26H44O9. The third-order valence-corrected chi connectivity index (χ3v) is 7.09. The zero-order valence-electron chi connectivity index (χ0n) is 21.3. The number of aliphatic hydroxyl groups excluding tert-OH is 3. The van der Waals surface area contributed by atoms with Gasteiger partial charge in [0.1, 0.15) is 6.10 Å². The van der Waals surface area contributed by atoms with E-state index in [-0.39, 0.29) is 30.5 Å². The molecule has 2 aliphatic heterocycles. The van der Waals surface area contributed by atoms with Crippen molar-refractivity contribution >= 4 is 11.9 Å². The first-order chi connectivity index (χ1) is 16.6. The minimum atomic E-state index is -1.06. The van der Waals surface area contributed by atoms with Crippen LogP contribution in [0.15, 0.2) is 11.6 Å². The summed E-state index contributed by atoms with van der Waals surface area (Å²) in [4.78, 5) is 22.5. The highest BCUT2D eigenvalue weighted by Crippen LogP contribution is 2.38. The Hall–Kier alpha value is -1.52. The lowest BCUT2D eigenvalue weighted by Crippen LogP contribution is -2.50. The predicted molar refractivity (Wildman–Crippen MR) is 129 cm³/mol. The summed E-state index contributed by atoms with van der Waals surface area (Å²) in [6.07, 6.45) is 4.61. The van der Waals surface area contributed by atoms with Crippen LogP contribution in [0.1, 0.15) is 78.6 Å². The average molecular weight is 501 g/mol. The Morgan fingerprint density at radius 1 is 1.03 bits per heavy atom. The van der Waals surface area contributed by atoms with Crippen LogP contribution in [0.25, 0.3) is 0 Å². The number of carboxylic acids is 1. The smallest absolute Gasteiger partial charge is 0.330 e. The van der Waals surface area contributed by atoms with Crippen LogP contribution in [0.2, 0.25) is 0 Å². The van der Waals surface area contributed by atoms with Crippen LogP contribution in [0, 0.1) is 11.8 Å². The van der Waals surface area contributed by atoms with Crippen LogP contribution in [-0.2, 0) is 23.8 Å². The van der Waals surface area contributed by atoms with E-state index in [1.165, 1.54) is 6.08 Å². The maximum absolute atomic E-state index is 12.1. The number of esters is 1. The van der Waals surface area contributed by atoms with Crippen molar-refractivity contribution in [3.63, 3.8) is 0 Å². The topological polar surface area (TPSA) is 146 Å². The van der Waals surface area contributed by atoms with Crippen molar-refractivity contribution in [2.45, 2.75) is 115 Å². The van der Waals surface area contributed by atoms with Gasteiger partial charge in [-0.2, -0.15) is 0 Å². The summed E-state index contributed by atoms with van der Waals surface area (Å²) in [7, 11) is 0.